The van der Waals surface area contributed by atoms with Gasteiger partial charge < -0.3 is 4.74 Å². The molecule has 2 aromatic carbocycles. The third-order valence-electron chi connectivity index (χ3n) is 3.39. The zero-order valence-electron chi connectivity index (χ0n) is 13.4. The number of hydrogen-bond acceptors (Lipinski definition) is 5. The predicted octanol–water partition coefficient (Wildman–Crippen LogP) is 5.79. The number of aromatic nitrogens is 1. The van der Waals surface area contributed by atoms with Gasteiger partial charge in [-0.15, -0.1) is 0 Å². The summed E-state index contributed by atoms with van der Waals surface area (Å²) < 4.78 is 6.31. The Morgan fingerprint density at radius 3 is 2.40 bits per heavy atom. The highest BCUT2D eigenvalue weighted by atomic mass is 79.9. The standard InChI is InChI=1S/C19H14BrN3O2/c1-13-12-17(25-19(24)14-2-4-15(20)5-3-14)6-7-18(13)23-22-16-8-10-21-11-9-16/h2-12H,1H3. The minimum Gasteiger partial charge on any atom is -0.423 e. The number of halogens is 1. The van der Waals surface area contributed by atoms with Crippen LogP contribution in [0.3, 0.4) is 0 Å². The maximum atomic E-state index is 12.1. The van der Waals surface area contributed by atoms with E-state index < -0.39 is 5.97 Å². The van der Waals surface area contributed by atoms with Crippen LogP contribution in [0, 0.1) is 6.92 Å². The molecule has 0 aliphatic heterocycles. The molecule has 0 radical (unpaired) electrons. The molecule has 3 rings (SSSR count). The molecule has 0 aliphatic carbocycles. The first-order chi connectivity index (χ1) is 12.1. The van der Waals surface area contributed by atoms with Gasteiger partial charge in [0.15, 0.2) is 0 Å². The Balaban J connectivity index is 1.72. The Kier molecular flexibility index (Phi) is 5.30. The Bertz CT molecular complexity index is 910. The third kappa shape index (κ3) is 4.58. The van der Waals surface area contributed by atoms with Crippen molar-refractivity contribution in [3.8, 4) is 5.75 Å². The summed E-state index contributed by atoms with van der Waals surface area (Å²) in [7, 11) is 0. The van der Waals surface area contributed by atoms with Crippen molar-refractivity contribution in [3.63, 3.8) is 0 Å². The van der Waals surface area contributed by atoms with E-state index in [1.165, 1.54) is 0 Å². The normalized spacial score (nSPS) is 10.8. The van der Waals surface area contributed by atoms with Gasteiger partial charge in [0.1, 0.15) is 5.75 Å². The van der Waals surface area contributed by atoms with E-state index in [9.17, 15) is 4.79 Å². The second-order valence-electron chi connectivity index (χ2n) is 5.25. The fraction of sp³-hybridized carbons (Fsp3) is 0.0526. The van der Waals surface area contributed by atoms with Crippen LogP contribution in [0.4, 0.5) is 11.4 Å². The van der Waals surface area contributed by atoms with Gasteiger partial charge in [-0.3, -0.25) is 4.98 Å². The lowest BCUT2D eigenvalue weighted by molar-refractivity contribution is 0.0734. The van der Waals surface area contributed by atoms with Crippen molar-refractivity contribution in [2.24, 2.45) is 10.2 Å². The smallest absolute Gasteiger partial charge is 0.343 e. The van der Waals surface area contributed by atoms with Gasteiger partial charge in [-0.2, -0.15) is 10.2 Å². The van der Waals surface area contributed by atoms with E-state index in [-0.39, 0.29) is 0 Å². The number of nitrogens with zero attached hydrogens (tertiary/aromatic N) is 3. The number of aryl methyl sites for hydroxylation is 1. The number of rotatable bonds is 4. The lowest BCUT2D eigenvalue weighted by Crippen LogP contribution is -2.08. The second-order valence-corrected chi connectivity index (χ2v) is 6.17. The predicted molar refractivity (Wildman–Crippen MR) is 98.7 cm³/mol. The lowest BCUT2D eigenvalue weighted by atomic mass is 10.2. The molecule has 0 saturated carbocycles. The number of carbonyl (C=O) groups is 1. The van der Waals surface area contributed by atoms with Crippen molar-refractivity contribution >= 4 is 33.3 Å². The quantitative estimate of drug-likeness (QED) is 0.319. The van der Waals surface area contributed by atoms with Crippen molar-refractivity contribution in [2.75, 3.05) is 0 Å². The zero-order chi connectivity index (χ0) is 17.6. The lowest BCUT2D eigenvalue weighted by Gasteiger charge is -2.06. The van der Waals surface area contributed by atoms with Crippen LogP contribution < -0.4 is 4.74 Å². The van der Waals surface area contributed by atoms with Crippen LogP contribution >= 0.6 is 15.9 Å². The molecular weight excluding hydrogens is 382 g/mol. The topological polar surface area (TPSA) is 63.9 Å². The number of hydrogen-bond donors (Lipinski definition) is 0. The molecule has 3 aromatic rings. The number of pyridine rings is 1. The van der Waals surface area contributed by atoms with Gasteiger partial charge in [0.2, 0.25) is 0 Å². The molecule has 0 N–H and O–H groups in total. The minimum absolute atomic E-state index is 0.405. The van der Waals surface area contributed by atoms with Crippen LogP contribution in [0.15, 0.2) is 81.7 Å². The highest BCUT2D eigenvalue weighted by Crippen LogP contribution is 2.26. The van der Waals surface area contributed by atoms with E-state index in [1.54, 1.807) is 67.0 Å². The molecule has 1 aromatic heterocycles. The van der Waals surface area contributed by atoms with Crippen LogP contribution in [0.1, 0.15) is 15.9 Å². The van der Waals surface area contributed by atoms with E-state index in [2.05, 4.69) is 31.1 Å². The van der Waals surface area contributed by atoms with Gasteiger partial charge in [0, 0.05) is 16.9 Å². The number of carbonyl (C=O) groups excluding carboxylic acids is 1. The average Bonchev–Trinajstić information content (AvgIpc) is 2.62. The summed E-state index contributed by atoms with van der Waals surface area (Å²) >= 11 is 3.34. The summed E-state index contributed by atoms with van der Waals surface area (Å²) in [6.45, 7) is 1.89. The van der Waals surface area contributed by atoms with E-state index in [0.717, 1.165) is 15.7 Å². The minimum atomic E-state index is -0.405. The zero-order valence-corrected chi connectivity index (χ0v) is 15.0. The van der Waals surface area contributed by atoms with Crippen LogP contribution in [-0.4, -0.2) is 11.0 Å². The van der Waals surface area contributed by atoms with Gasteiger partial charge >= 0.3 is 5.97 Å². The van der Waals surface area contributed by atoms with Crippen molar-refractivity contribution in [1.29, 1.82) is 0 Å². The van der Waals surface area contributed by atoms with E-state index in [1.807, 2.05) is 6.92 Å². The summed E-state index contributed by atoms with van der Waals surface area (Å²) in [6, 6.07) is 15.8. The van der Waals surface area contributed by atoms with Crippen LogP contribution in [-0.2, 0) is 0 Å². The molecule has 0 bridgehead atoms. The van der Waals surface area contributed by atoms with Gasteiger partial charge in [0.25, 0.3) is 0 Å². The Morgan fingerprint density at radius 1 is 1.00 bits per heavy atom. The van der Waals surface area contributed by atoms with Gasteiger partial charge in [-0.05, 0) is 67.1 Å². The average molecular weight is 396 g/mol. The molecule has 124 valence electrons. The molecule has 0 amide bonds. The number of azo groups is 1. The Labute approximate surface area is 153 Å². The molecule has 0 spiro atoms. The Morgan fingerprint density at radius 2 is 1.72 bits per heavy atom. The van der Waals surface area contributed by atoms with Gasteiger partial charge in [0.05, 0.1) is 16.9 Å². The van der Waals surface area contributed by atoms with Crippen molar-refractivity contribution in [3.05, 3.63) is 82.6 Å². The first kappa shape index (κ1) is 17.0. The molecule has 0 fully saturated rings. The van der Waals surface area contributed by atoms with Crippen LogP contribution in [0.2, 0.25) is 0 Å². The largest absolute Gasteiger partial charge is 0.423 e. The van der Waals surface area contributed by atoms with Gasteiger partial charge in [-0.1, -0.05) is 15.9 Å². The summed E-state index contributed by atoms with van der Waals surface area (Å²) in [5, 5.41) is 8.37. The first-order valence-corrected chi connectivity index (χ1v) is 8.31. The Hall–Kier alpha value is -2.86. The van der Waals surface area contributed by atoms with Crippen molar-refractivity contribution in [1.82, 2.24) is 4.98 Å². The van der Waals surface area contributed by atoms with Gasteiger partial charge in [-0.25, -0.2) is 4.79 Å². The SMILES string of the molecule is Cc1cc(OC(=O)c2ccc(Br)cc2)ccc1N=Nc1ccncc1. The maximum absolute atomic E-state index is 12.1. The van der Waals surface area contributed by atoms with Crippen LogP contribution in [0.5, 0.6) is 5.75 Å². The fourth-order valence-electron chi connectivity index (χ4n) is 2.08. The monoisotopic (exact) mass is 395 g/mol. The molecular formula is C19H14BrN3O2. The molecule has 5 nitrogen and oxygen atoms in total. The summed E-state index contributed by atoms with van der Waals surface area (Å²) in [5.74, 6) is 0.0614. The van der Waals surface area contributed by atoms with Crippen molar-refractivity contribution in [2.45, 2.75) is 6.92 Å². The summed E-state index contributed by atoms with van der Waals surface area (Å²) in [4.78, 5) is 16.1. The number of ether oxygens (including phenoxy) is 1. The van der Waals surface area contributed by atoms with E-state index >= 15 is 0 Å². The summed E-state index contributed by atoms with van der Waals surface area (Å²) in [5.41, 5.74) is 2.78. The maximum Gasteiger partial charge on any atom is 0.343 e. The van der Waals surface area contributed by atoms with Crippen molar-refractivity contribution < 1.29 is 9.53 Å². The van der Waals surface area contributed by atoms with Crippen LogP contribution in [0.25, 0.3) is 0 Å². The molecule has 0 atom stereocenters. The molecule has 1 heterocycles. The highest BCUT2D eigenvalue weighted by Gasteiger charge is 2.09. The fourth-order valence-corrected chi connectivity index (χ4v) is 2.34. The second kappa shape index (κ2) is 7.81. The molecule has 0 aliphatic rings. The number of esters is 1. The molecule has 6 heteroatoms. The first-order valence-electron chi connectivity index (χ1n) is 7.52. The summed E-state index contributed by atoms with van der Waals surface area (Å²) in [6.07, 6.45) is 3.32. The number of benzene rings is 2. The van der Waals surface area contributed by atoms with E-state index in [4.69, 9.17) is 4.74 Å². The molecule has 0 unspecified atom stereocenters. The highest BCUT2D eigenvalue weighted by molar-refractivity contribution is 9.10. The van der Waals surface area contributed by atoms with E-state index in [0.29, 0.717) is 17.0 Å². The molecule has 25 heavy (non-hydrogen) atoms. The molecule has 0 saturated heterocycles. The third-order valence-corrected chi connectivity index (χ3v) is 3.92.